The first-order valence-electron chi connectivity index (χ1n) is 18.0. The predicted octanol–water partition coefficient (Wildman–Crippen LogP) is 5.28. The van der Waals surface area contributed by atoms with Gasteiger partial charge in [0.15, 0.2) is 0 Å². The summed E-state index contributed by atoms with van der Waals surface area (Å²) in [5, 5.41) is 20.4. The molecule has 258 valence electrons. The lowest BCUT2D eigenvalue weighted by molar-refractivity contribution is -0.119. The van der Waals surface area contributed by atoms with Crippen molar-refractivity contribution in [3.05, 3.63) is 62.1 Å². The Morgan fingerprint density at radius 3 is 2.32 bits per heavy atom. The first kappa shape index (κ1) is 35.1. The molecule has 2 aliphatic carbocycles. The van der Waals surface area contributed by atoms with E-state index in [0.29, 0.717) is 17.2 Å². The van der Waals surface area contributed by atoms with Gasteiger partial charge in [-0.3, -0.25) is 14.4 Å². The van der Waals surface area contributed by atoms with Crippen molar-refractivity contribution in [3.8, 4) is 0 Å². The molecule has 2 saturated carbocycles. The molecule has 1 spiro atoms. The Morgan fingerprint density at radius 1 is 1.00 bits per heavy atom. The van der Waals surface area contributed by atoms with Gasteiger partial charge in [-0.1, -0.05) is 32.1 Å². The number of H-pyrrole nitrogens is 1. The van der Waals surface area contributed by atoms with E-state index in [1.807, 2.05) is 26.8 Å². The minimum Gasteiger partial charge on any atom is -0.395 e. The van der Waals surface area contributed by atoms with Crippen LogP contribution in [0.1, 0.15) is 128 Å². The van der Waals surface area contributed by atoms with Crippen molar-refractivity contribution in [3.63, 3.8) is 0 Å². The molecule has 0 bridgehead atoms. The molecular weight excluding hydrogens is 590 g/mol. The summed E-state index contributed by atoms with van der Waals surface area (Å²) in [5.74, 6) is 0.0649. The zero-order valence-corrected chi connectivity index (χ0v) is 29.3. The molecule has 9 heteroatoms. The van der Waals surface area contributed by atoms with Crippen molar-refractivity contribution in [2.45, 2.75) is 135 Å². The van der Waals surface area contributed by atoms with E-state index in [1.165, 1.54) is 32.1 Å². The van der Waals surface area contributed by atoms with Crippen molar-refractivity contribution < 1.29 is 14.7 Å². The maximum absolute atomic E-state index is 14.0. The molecule has 2 unspecified atom stereocenters. The second kappa shape index (κ2) is 15.4. The van der Waals surface area contributed by atoms with Crippen LogP contribution in [0.25, 0.3) is 0 Å². The summed E-state index contributed by atoms with van der Waals surface area (Å²) in [6.45, 7) is 8.47. The molecule has 47 heavy (non-hydrogen) atoms. The number of rotatable bonds is 8. The number of benzene rings is 1. The Hall–Kier alpha value is -3.17. The number of carbonyl (C=O) groups excluding carboxylic acids is 2. The van der Waals surface area contributed by atoms with Crippen molar-refractivity contribution in [1.29, 1.82) is 0 Å². The van der Waals surface area contributed by atoms with Gasteiger partial charge in [-0.15, -0.1) is 0 Å². The van der Waals surface area contributed by atoms with Crippen LogP contribution in [0.3, 0.4) is 0 Å². The first-order valence-corrected chi connectivity index (χ1v) is 18.0. The van der Waals surface area contributed by atoms with Crippen LogP contribution in [0.15, 0.2) is 23.0 Å². The number of aromatic nitrogens is 1. The van der Waals surface area contributed by atoms with Gasteiger partial charge in [0.1, 0.15) is 0 Å². The normalized spacial score (nSPS) is 24.6. The monoisotopic (exact) mass is 647 g/mol. The number of nitrogens with one attached hydrogen (secondary N) is 4. The Labute approximate surface area is 280 Å². The van der Waals surface area contributed by atoms with E-state index in [0.717, 1.165) is 79.6 Å². The van der Waals surface area contributed by atoms with E-state index in [4.69, 9.17) is 0 Å². The molecule has 9 nitrogen and oxygen atoms in total. The largest absolute Gasteiger partial charge is 0.395 e. The fraction of sp³-hybridized carbons (Fsp3) is 0.658. The lowest BCUT2D eigenvalue weighted by Gasteiger charge is -2.48. The number of hydrogen-bond donors (Lipinski definition) is 5. The third kappa shape index (κ3) is 8.11. The van der Waals surface area contributed by atoms with Gasteiger partial charge in [-0.25, -0.2) is 0 Å². The Bertz CT molecular complexity index is 1470. The van der Waals surface area contributed by atoms with Gasteiger partial charge < -0.3 is 30.9 Å². The summed E-state index contributed by atoms with van der Waals surface area (Å²) in [5.41, 5.74) is 5.92. The second-order valence-electron chi connectivity index (χ2n) is 14.8. The van der Waals surface area contributed by atoms with E-state index < -0.39 is 0 Å². The number of carbonyl (C=O) groups is 2. The van der Waals surface area contributed by atoms with Crippen LogP contribution in [0, 0.1) is 26.2 Å². The fourth-order valence-corrected chi connectivity index (χ4v) is 8.88. The van der Waals surface area contributed by atoms with E-state index in [9.17, 15) is 19.5 Å². The molecular formula is C38H57N5O4. The van der Waals surface area contributed by atoms with Gasteiger partial charge >= 0.3 is 0 Å². The highest BCUT2D eigenvalue weighted by Crippen LogP contribution is 2.48. The zero-order valence-electron chi connectivity index (χ0n) is 29.3. The van der Waals surface area contributed by atoms with Gasteiger partial charge in [0.2, 0.25) is 5.91 Å². The lowest BCUT2D eigenvalue weighted by Crippen LogP contribution is -2.54. The van der Waals surface area contributed by atoms with Crippen molar-refractivity contribution >= 4 is 17.5 Å². The van der Waals surface area contributed by atoms with E-state index in [2.05, 4.69) is 45.0 Å². The highest BCUT2D eigenvalue weighted by molar-refractivity contribution is 5.97. The quantitative estimate of drug-likeness (QED) is 0.265. The molecule has 0 radical (unpaired) electrons. The molecule has 2 aromatic rings. The summed E-state index contributed by atoms with van der Waals surface area (Å²) in [6.07, 6.45) is 13.2. The smallest absolute Gasteiger partial charge is 0.253 e. The Kier molecular flexibility index (Phi) is 11.5. The second-order valence-corrected chi connectivity index (χ2v) is 14.8. The Balaban J connectivity index is 1.46. The zero-order chi connectivity index (χ0) is 33.7. The number of hydrogen-bond acceptors (Lipinski definition) is 6. The van der Waals surface area contributed by atoms with Gasteiger partial charge in [0.05, 0.1) is 6.61 Å². The van der Waals surface area contributed by atoms with E-state index in [1.54, 1.807) is 6.92 Å². The number of amides is 2. The standard InChI is InChI=1S/C38H57N5O4/c1-24-17-25(2)41-37(47)33(24)22-40-36(46)32-18-28(29-20-38(35(23-44)39-21-29)15-9-7-6-8-10-16-38)19-34(26(32)3)43(5)31-13-11-30(12-14-31)42-27(4)45/h17-19,29-31,35,39,44H,6-16,20-23H2,1-5H3,(H,40,46)(H,41,47)(H,42,45)/t29?,30-,31+,35?. The van der Waals surface area contributed by atoms with Gasteiger partial charge in [-0.2, -0.15) is 0 Å². The third-order valence-corrected chi connectivity index (χ3v) is 11.6. The highest BCUT2D eigenvalue weighted by atomic mass is 16.3. The van der Waals surface area contributed by atoms with Crippen molar-refractivity contribution in [2.75, 3.05) is 25.1 Å². The summed E-state index contributed by atoms with van der Waals surface area (Å²) in [7, 11) is 2.14. The molecule has 2 atom stereocenters. The summed E-state index contributed by atoms with van der Waals surface area (Å²) >= 11 is 0. The molecule has 3 aliphatic rings. The van der Waals surface area contributed by atoms with Crippen LogP contribution in [0.4, 0.5) is 5.69 Å². The van der Waals surface area contributed by atoms with Gasteiger partial charge in [0.25, 0.3) is 11.5 Å². The summed E-state index contributed by atoms with van der Waals surface area (Å²) in [4.78, 5) is 43.6. The maximum Gasteiger partial charge on any atom is 0.253 e. The van der Waals surface area contributed by atoms with Crippen LogP contribution in [0.5, 0.6) is 0 Å². The number of aromatic amines is 1. The molecule has 5 N–H and O–H groups in total. The van der Waals surface area contributed by atoms with Crippen LogP contribution < -0.4 is 26.4 Å². The number of pyridine rings is 1. The van der Waals surface area contributed by atoms with Crippen LogP contribution >= 0.6 is 0 Å². The van der Waals surface area contributed by atoms with E-state index in [-0.39, 0.29) is 53.9 Å². The van der Waals surface area contributed by atoms with Crippen LogP contribution in [-0.2, 0) is 11.3 Å². The molecule has 1 aliphatic heterocycles. The molecule has 5 rings (SSSR count). The number of aliphatic hydroxyl groups is 1. The third-order valence-electron chi connectivity index (χ3n) is 11.6. The SMILES string of the molecule is CC(=O)N[C@H]1CC[C@@H](N(C)c2cc(C3CNC(CO)C4(CCCCCCC4)C3)cc(C(=O)NCc3c(C)cc(C)[nH]c3=O)c2C)CC1. The number of nitrogens with zero attached hydrogens (tertiary/aromatic N) is 1. The molecule has 2 heterocycles. The minimum absolute atomic E-state index is 0.0235. The van der Waals surface area contributed by atoms with Crippen LogP contribution in [-0.4, -0.2) is 60.2 Å². The number of piperidine rings is 1. The van der Waals surface area contributed by atoms with Gasteiger partial charge in [0, 0.05) is 67.7 Å². The lowest BCUT2D eigenvalue weighted by atomic mass is 9.63. The topological polar surface area (TPSA) is 127 Å². The summed E-state index contributed by atoms with van der Waals surface area (Å²) in [6, 6.07) is 6.95. The van der Waals surface area contributed by atoms with Crippen molar-refractivity contribution in [1.82, 2.24) is 20.9 Å². The average Bonchev–Trinajstić information content (AvgIpc) is 3.02. The molecule has 1 aromatic heterocycles. The summed E-state index contributed by atoms with van der Waals surface area (Å²) < 4.78 is 0. The van der Waals surface area contributed by atoms with E-state index >= 15 is 0 Å². The number of aliphatic hydroxyl groups excluding tert-OH is 1. The highest BCUT2D eigenvalue weighted by Gasteiger charge is 2.43. The van der Waals surface area contributed by atoms with Crippen LogP contribution in [0.2, 0.25) is 0 Å². The van der Waals surface area contributed by atoms with Crippen molar-refractivity contribution in [2.24, 2.45) is 5.41 Å². The van der Waals surface area contributed by atoms with Gasteiger partial charge in [-0.05, 0) is 112 Å². The predicted molar refractivity (Wildman–Crippen MR) is 188 cm³/mol. The number of aryl methyl sites for hydroxylation is 2. The Morgan fingerprint density at radius 2 is 1.68 bits per heavy atom. The average molecular weight is 648 g/mol. The molecule has 1 aromatic carbocycles. The maximum atomic E-state index is 14.0. The minimum atomic E-state index is -0.176. The molecule has 1 saturated heterocycles. The number of anilines is 1. The fourth-order valence-electron chi connectivity index (χ4n) is 8.88. The molecule has 2 amide bonds. The first-order chi connectivity index (χ1) is 22.5. The molecule has 3 fully saturated rings.